The Hall–Kier alpha value is -0.200. The topological polar surface area (TPSA) is 60.5 Å². The summed E-state index contributed by atoms with van der Waals surface area (Å²) in [6.07, 6.45) is -1.74. The Balaban J connectivity index is 1.74. The van der Waals surface area contributed by atoms with Crippen molar-refractivity contribution in [2.45, 2.75) is 50.3 Å². The van der Waals surface area contributed by atoms with Crippen LogP contribution in [-0.4, -0.2) is 48.2 Å². The second-order valence-electron chi connectivity index (χ2n) is 4.43. The van der Waals surface area contributed by atoms with Crippen LogP contribution in [0.1, 0.15) is 13.8 Å². The molecule has 1 N–H and O–H groups in total. The van der Waals surface area contributed by atoms with Gasteiger partial charge in [-0.25, -0.2) is 0 Å². The lowest BCUT2D eigenvalue weighted by atomic mass is 10.1. The second-order valence-corrected chi connectivity index (χ2v) is 4.43. The molecule has 0 radical (unpaired) electrons. The molecule has 3 heterocycles. The Bertz CT molecular complexity index is 248. The van der Waals surface area contributed by atoms with Crippen molar-refractivity contribution in [3.63, 3.8) is 0 Å². The van der Waals surface area contributed by atoms with Crippen molar-refractivity contribution in [3.05, 3.63) is 0 Å². The number of hydrogen-bond acceptors (Lipinski definition) is 5. The maximum atomic E-state index is 9.89. The molecule has 0 saturated carbocycles. The summed E-state index contributed by atoms with van der Waals surface area (Å²) in [7, 11) is 0. The van der Waals surface area contributed by atoms with Crippen molar-refractivity contribution in [2.24, 2.45) is 0 Å². The average Bonchev–Trinajstić information content (AvgIpc) is 2.81. The monoisotopic (exact) mass is 202 g/mol. The predicted octanol–water partition coefficient (Wildman–Crippen LogP) is -0.378. The minimum Gasteiger partial charge on any atom is -0.387 e. The number of aliphatic hydroxyl groups is 1. The van der Waals surface area contributed by atoms with E-state index in [1.54, 1.807) is 0 Å². The molecule has 5 nitrogen and oxygen atoms in total. The summed E-state index contributed by atoms with van der Waals surface area (Å²) < 4.78 is 21.7. The fourth-order valence-electron chi connectivity index (χ4n) is 2.07. The molecule has 0 unspecified atom stereocenters. The molecular weight excluding hydrogens is 188 g/mol. The number of epoxide rings is 1. The lowest BCUT2D eigenvalue weighted by molar-refractivity contribution is -0.216. The first-order valence-electron chi connectivity index (χ1n) is 4.88. The highest BCUT2D eigenvalue weighted by Crippen LogP contribution is 2.40. The van der Waals surface area contributed by atoms with Gasteiger partial charge in [0, 0.05) is 0 Å². The van der Waals surface area contributed by atoms with Crippen molar-refractivity contribution >= 4 is 0 Å². The summed E-state index contributed by atoms with van der Waals surface area (Å²) in [6.45, 7) is 4.28. The van der Waals surface area contributed by atoms with E-state index in [9.17, 15) is 5.11 Å². The van der Waals surface area contributed by atoms with Crippen LogP contribution in [0.25, 0.3) is 0 Å². The second kappa shape index (κ2) is 2.68. The minimum atomic E-state index is -0.661. The molecule has 0 amide bonds. The first-order valence-corrected chi connectivity index (χ1v) is 4.88. The Morgan fingerprint density at radius 1 is 1.21 bits per heavy atom. The summed E-state index contributed by atoms with van der Waals surface area (Å²) in [5, 5.41) is 9.89. The third-order valence-electron chi connectivity index (χ3n) is 2.78. The summed E-state index contributed by atoms with van der Waals surface area (Å²) in [4.78, 5) is 0. The molecule has 3 saturated heterocycles. The van der Waals surface area contributed by atoms with Crippen LogP contribution in [0.15, 0.2) is 0 Å². The molecule has 80 valence electrons. The van der Waals surface area contributed by atoms with Crippen molar-refractivity contribution in [1.29, 1.82) is 0 Å². The van der Waals surface area contributed by atoms with Gasteiger partial charge >= 0.3 is 0 Å². The fraction of sp³-hybridized carbons (Fsp3) is 1.00. The summed E-state index contributed by atoms with van der Waals surface area (Å²) >= 11 is 0. The van der Waals surface area contributed by atoms with Crippen molar-refractivity contribution in [3.8, 4) is 0 Å². The van der Waals surface area contributed by atoms with E-state index in [1.165, 1.54) is 0 Å². The molecule has 5 atom stereocenters. The van der Waals surface area contributed by atoms with E-state index >= 15 is 0 Å². The Morgan fingerprint density at radius 3 is 2.50 bits per heavy atom. The van der Waals surface area contributed by atoms with Crippen LogP contribution >= 0.6 is 0 Å². The van der Waals surface area contributed by atoms with E-state index in [-0.39, 0.29) is 18.3 Å². The molecule has 3 aliphatic heterocycles. The van der Waals surface area contributed by atoms with E-state index in [1.807, 2.05) is 13.8 Å². The van der Waals surface area contributed by atoms with Crippen LogP contribution in [0.2, 0.25) is 0 Å². The summed E-state index contributed by atoms with van der Waals surface area (Å²) in [6, 6.07) is 0. The summed E-state index contributed by atoms with van der Waals surface area (Å²) in [5.74, 6) is -0.661. The Kier molecular flexibility index (Phi) is 1.73. The largest absolute Gasteiger partial charge is 0.387 e. The van der Waals surface area contributed by atoms with Gasteiger partial charge in [0.05, 0.1) is 6.61 Å². The lowest BCUT2D eigenvalue weighted by Gasteiger charge is -2.21. The van der Waals surface area contributed by atoms with Gasteiger partial charge in [-0.1, -0.05) is 0 Å². The van der Waals surface area contributed by atoms with Gasteiger partial charge in [-0.15, -0.1) is 0 Å². The van der Waals surface area contributed by atoms with Crippen LogP contribution in [0, 0.1) is 0 Å². The molecule has 0 aromatic heterocycles. The molecule has 0 aromatic rings. The molecule has 5 heteroatoms. The molecule has 3 aliphatic rings. The number of rotatable bonds is 1. The van der Waals surface area contributed by atoms with Gasteiger partial charge in [0.2, 0.25) is 0 Å². The highest BCUT2D eigenvalue weighted by Gasteiger charge is 2.58. The van der Waals surface area contributed by atoms with Crippen LogP contribution < -0.4 is 0 Å². The van der Waals surface area contributed by atoms with Gasteiger partial charge in [-0.2, -0.15) is 0 Å². The number of hydrogen-bond donors (Lipinski definition) is 1. The van der Waals surface area contributed by atoms with Crippen molar-refractivity contribution in [1.82, 2.24) is 0 Å². The third-order valence-corrected chi connectivity index (χ3v) is 2.78. The maximum absolute atomic E-state index is 9.89. The fourth-order valence-corrected chi connectivity index (χ4v) is 2.07. The molecule has 0 aliphatic carbocycles. The molecular formula is C9H14O5. The van der Waals surface area contributed by atoms with Gasteiger partial charge in [0.25, 0.3) is 0 Å². The van der Waals surface area contributed by atoms with Crippen LogP contribution in [-0.2, 0) is 18.9 Å². The Morgan fingerprint density at radius 2 is 1.93 bits per heavy atom. The predicted molar refractivity (Wildman–Crippen MR) is 44.4 cm³/mol. The van der Waals surface area contributed by atoms with E-state index in [2.05, 4.69) is 0 Å². The minimum absolute atomic E-state index is 0.0194. The third kappa shape index (κ3) is 1.28. The SMILES string of the molecule is CC1(C)O[C@@H]2O[C@H]([C@@H]3CO3)[C@@H](O)[C@H]2O1. The number of fused-ring (bicyclic) bond motifs is 1. The molecule has 0 bridgehead atoms. The molecule has 14 heavy (non-hydrogen) atoms. The first-order chi connectivity index (χ1) is 6.57. The van der Waals surface area contributed by atoms with Crippen LogP contribution in [0.3, 0.4) is 0 Å². The van der Waals surface area contributed by atoms with E-state index < -0.39 is 18.2 Å². The zero-order valence-electron chi connectivity index (χ0n) is 8.17. The smallest absolute Gasteiger partial charge is 0.190 e. The quantitative estimate of drug-likeness (QED) is 0.587. The summed E-state index contributed by atoms with van der Waals surface area (Å²) in [5.41, 5.74) is 0. The van der Waals surface area contributed by atoms with Crippen LogP contribution in [0.5, 0.6) is 0 Å². The molecule has 0 spiro atoms. The zero-order valence-corrected chi connectivity index (χ0v) is 8.17. The zero-order chi connectivity index (χ0) is 9.92. The number of aliphatic hydroxyl groups excluding tert-OH is 1. The highest BCUT2D eigenvalue weighted by atomic mass is 16.8. The van der Waals surface area contributed by atoms with Crippen molar-refractivity contribution in [2.75, 3.05) is 6.61 Å². The van der Waals surface area contributed by atoms with E-state index in [0.29, 0.717) is 6.61 Å². The molecule has 3 fully saturated rings. The maximum Gasteiger partial charge on any atom is 0.190 e. The van der Waals surface area contributed by atoms with Gasteiger partial charge in [0.15, 0.2) is 12.1 Å². The van der Waals surface area contributed by atoms with Gasteiger partial charge < -0.3 is 24.1 Å². The first kappa shape index (κ1) is 9.06. The van der Waals surface area contributed by atoms with Gasteiger partial charge in [-0.05, 0) is 13.8 Å². The lowest BCUT2D eigenvalue weighted by Crippen LogP contribution is -2.37. The highest BCUT2D eigenvalue weighted by molar-refractivity contribution is 4.98. The number of ether oxygens (including phenoxy) is 4. The van der Waals surface area contributed by atoms with Gasteiger partial charge in [0.1, 0.15) is 24.4 Å². The average molecular weight is 202 g/mol. The Labute approximate surface area is 81.9 Å². The normalized spacial score (nSPS) is 54.6. The van der Waals surface area contributed by atoms with E-state index in [4.69, 9.17) is 18.9 Å². The van der Waals surface area contributed by atoms with E-state index in [0.717, 1.165) is 0 Å². The molecule has 0 aromatic carbocycles. The molecule has 3 rings (SSSR count). The van der Waals surface area contributed by atoms with Gasteiger partial charge in [-0.3, -0.25) is 0 Å². The standard InChI is InChI=1S/C9H14O5/c1-9(2)13-7-5(10)6(4-3-11-4)12-8(7)14-9/h4-8,10H,3H2,1-2H3/t4-,5+,6+,7+,8-/m0/s1. The van der Waals surface area contributed by atoms with Crippen LogP contribution in [0.4, 0.5) is 0 Å². The van der Waals surface area contributed by atoms with Crippen molar-refractivity contribution < 1.29 is 24.1 Å².